The van der Waals surface area contributed by atoms with Gasteiger partial charge in [0.15, 0.2) is 0 Å². The van der Waals surface area contributed by atoms with E-state index in [1.807, 2.05) is 24.3 Å². The van der Waals surface area contributed by atoms with Crippen molar-refractivity contribution in [2.45, 2.75) is 17.9 Å². The van der Waals surface area contributed by atoms with Crippen LogP contribution in [0.2, 0.25) is 0 Å². The summed E-state index contributed by atoms with van der Waals surface area (Å²) >= 11 is 3.36. The van der Waals surface area contributed by atoms with Gasteiger partial charge in [-0.25, -0.2) is 0 Å². The van der Waals surface area contributed by atoms with Gasteiger partial charge in [0.2, 0.25) is 0 Å². The Labute approximate surface area is 109 Å². The molecular weight excluding hydrogens is 293 g/mol. The Morgan fingerprint density at radius 1 is 1.50 bits per heavy atom. The Bertz CT molecular complexity index is 395. The number of hydrogen-bond donors (Lipinski definition) is 1. The zero-order valence-corrected chi connectivity index (χ0v) is 11.2. The number of hydrogen-bond acceptors (Lipinski definition) is 3. The van der Waals surface area contributed by atoms with E-state index in [0.717, 1.165) is 10.0 Å². The van der Waals surface area contributed by atoms with Crippen molar-refractivity contribution in [2.24, 2.45) is 5.73 Å². The molecule has 0 radical (unpaired) electrons. The molecule has 1 aromatic rings. The molecule has 0 bridgehead atoms. The van der Waals surface area contributed by atoms with Crippen molar-refractivity contribution in [1.29, 1.82) is 0 Å². The molecule has 3 nitrogen and oxygen atoms in total. The lowest BCUT2D eigenvalue weighted by Gasteiger charge is -2.08. The summed E-state index contributed by atoms with van der Waals surface area (Å²) in [6.07, 6.45) is 0.668. The summed E-state index contributed by atoms with van der Waals surface area (Å²) in [7, 11) is 1.37. The number of carbonyl (C=O) groups is 1. The molecule has 2 unspecified atom stereocenters. The molecule has 16 heavy (non-hydrogen) atoms. The van der Waals surface area contributed by atoms with Crippen LogP contribution in [0.15, 0.2) is 28.7 Å². The van der Waals surface area contributed by atoms with Gasteiger partial charge >= 0.3 is 5.97 Å². The molecule has 0 amide bonds. The second-order valence-corrected chi connectivity index (χ2v) is 4.76. The minimum Gasteiger partial charge on any atom is -0.468 e. The minimum absolute atomic E-state index is 0. The van der Waals surface area contributed by atoms with Crippen molar-refractivity contribution in [3.8, 4) is 0 Å². The summed E-state index contributed by atoms with van der Waals surface area (Å²) in [5.74, 6) is -0.228. The molecule has 1 saturated carbocycles. The van der Waals surface area contributed by atoms with Crippen LogP contribution in [-0.2, 0) is 9.53 Å². The van der Waals surface area contributed by atoms with Crippen LogP contribution >= 0.6 is 28.3 Å². The lowest BCUT2D eigenvalue weighted by Crippen LogP contribution is -2.35. The number of esters is 1. The van der Waals surface area contributed by atoms with Crippen LogP contribution in [0.5, 0.6) is 0 Å². The fourth-order valence-corrected chi connectivity index (χ4v) is 2.07. The van der Waals surface area contributed by atoms with Gasteiger partial charge in [-0.15, -0.1) is 12.4 Å². The molecule has 2 atom stereocenters. The highest BCUT2D eigenvalue weighted by molar-refractivity contribution is 9.10. The van der Waals surface area contributed by atoms with Crippen LogP contribution in [0.3, 0.4) is 0 Å². The van der Waals surface area contributed by atoms with Gasteiger partial charge in [-0.2, -0.15) is 0 Å². The zero-order chi connectivity index (χ0) is 11.1. The first kappa shape index (κ1) is 13.5. The normalized spacial score (nSPS) is 26.8. The van der Waals surface area contributed by atoms with Crippen LogP contribution in [0.25, 0.3) is 0 Å². The number of ether oxygens (including phenoxy) is 1. The topological polar surface area (TPSA) is 52.3 Å². The maximum atomic E-state index is 11.4. The molecule has 88 valence electrons. The zero-order valence-electron chi connectivity index (χ0n) is 8.77. The van der Waals surface area contributed by atoms with Crippen LogP contribution < -0.4 is 5.73 Å². The van der Waals surface area contributed by atoms with Gasteiger partial charge in [0.1, 0.15) is 5.54 Å². The van der Waals surface area contributed by atoms with E-state index in [2.05, 4.69) is 20.7 Å². The van der Waals surface area contributed by atoms with Crippen LogP contribution in [-0.4, -0.2) is 18.6 Å². The first-order valence-corrected chi connectivity index (χ1v) is 5.50. The fraction of sp³-hybridized carbons (Fsp3) is 0.364. The summed E-state index contributed by atoms with van der Waals surface area (Å²) in [5.41, 5.74) is 6.21. The van der Waals surface area contributed by atoms with Gasteiger partial charge < -0.3 is 10.5 Å². The monoisotopic (exact) mass is 305 g/mol. The lowest BCUT2D eigenvalue weighted by atomic mass is 10.1. The Morgan fingerprint density at radius 3 is 2.56 bits per heavy atom. The Hall–Kier alpha value is -0.580. The van der Waals surface area contributed by atoms with Crippen molar-refractivity contribution in [3.63, 3.8) is 0 Å². The third kappa shape index (κ3) is 2.24. The van der Waals surface area contributed by atoms with E-state index in [1.165, 1.54) is 7.11 Å². The first-order valence-electron chi connectivity index (χ1n) is 4.70. The third-order valence-corrected chi connectivity index (χ3v) is 3.37. The van der Waals surface area contributed by atoms with E-state index in [1.54, 1.807) is 0 Å². The number of carbonyl (C=O) groups excluding carboxylic acids is 1. The Kier molecular flexibility index (Phi) is 3.99. The molecule has 1 aliphatic carbocycles. The predicted octanol–water partition coefficient (Wildman–Crippen LogP) is 2.23. The SMILES string of the molecule is COC(=O)C1(N)CC1c1ccc(Br)cc1.Cl. The van der Waals surface area contributed by atoms with Crippen LogP contribution in [0, 0.1) is 0 Å². The molecule has 1 fully saturated rings. The van der Waals surface area contributed by atoms with E-state index in [-0.39, 0.29) is 24.3 Å². The molecule has 0 aromatic heterocycles. The molecule has 0 heterocycles. The molecular formula is C11H13BrClNO2. The standard InChI is InChI=1S/C11H12BrNO2.ClH/c1-15-10(14)11(13)6-9(11)7-2-4-8(12)5-3-7;/h2-5,9H,6,13H2,1H3;1H. The van der Waals surface area contributed by atoms with Crippen molar-refractivity contribution in [2.75, 3.05) is 7.11 Å². The number of nitrogens with two attached hydrogens (primary N) is 1. The van der Waals surface area contributed by atoms with Gasteiger partial charge in [0.05, 0.1) is 7.11 Å². The summed E-state index contributed by atoms with van der Waals surface area (Å²) in [6, 6.07) is 7.86. The van der Waals surface area contributed by atoms with Gasteiger partial charge in [0.25, 0.3) is 0 Å². The number of halogens is 2. The Balaban J connectivity index is 0.00000128. The average Bonchev–Trinajstić information content (AvgIpc) is 2.92. The van der Waals surface area contributed by atoms with Crippen molar-refractivity contribution < 1.29 is 9.53 Å². The largest absolute Gasteiger partial charge is 0.468 e. The van der Waals surface area contributed by atoms with E-state index in [4.69, 9.17) is 5.73 Å². The van der Waals surface area contributed by atoms with Gasteiger partial charge in [-0.3, -0.25) is 4.79 Å². The number of methoxy groups -OCH3 is 1. The van der Waals surface area contributed by atoms with Crippen molar-refractivity contribution in [3.05, 3.63) is 34.3 Å². The molecule has 5 heteroatoms. The van der Waals surface area contributed by atoms with Gasteiger partial charge in [-0.05, 0) is 24.1 Å². The van der Waals surface area contributed by atoms with Crippen molar-refractivity contribution in [1.82, 2.24) is 0 Å². The lowest BCUT2D eigenvalue weighted by molar-refractivity contribution is -0.143. The molecule has 1 aromatic carbocycles. The third-order valence-electron chi connectivity index (χ3n) is 2.84. The summed E-state index contributed by atoms with van der Waals surface area (Å²) in [4.78, 5) is 11.4. The van der Waals surface area contributed by atoms with Crippen molar-refractivity contribution >= 4 is 34.3 Å². The van der Waals surface area contributed by atoms with E-state index in [9.17, 15) is 4.79 Å². The smallest absolute Gasteiger partial charge is 0.326 e. The number of benzene rings is 1. The van der Waals surface area contributed by atoms with Gasteiger partial charge in [-0.1, -0.05) is 28.1 Å². The second kappa shape index (κ2) is 4.73. The predicted molar refractivity (Wildman–Crippen MR) is 67.7 cm³/mol. The molecule has 2 rings (SSSR count). The van der Waals surface area contributed by atoms with E-state index < -0.39 is 5.54 Å². The van der Waals surface area contributed by atoms with Crippen LogP contribution in [0.4, 0.5) is 0 Å². The highest BCUT2D eigenvalue weighted by Gasteiger charge is 2.58. The molecule has 1 aliphatic rings. The minimum atomic E-state index is -0.803. The fourth-order valence-electron chi connectivity index (χ4n) is 1.80. The highest BCUT2D eigenvalue weighted by Crippen LogP contribution is 2.50. The van der Waals surface area contributed by atoms with E-state index in [0.29, 0.717) is 6.42 Å². The maximum absolute atomic E-state index is 11.4. The first-order chi connectivity index (χ1) is 7.08. The second-order valence-electron chi connectivity index (χ2n) is 3.84. The van der Waals surface area contributed by atoms with E-state index >= 15 is 0 Å². The highest BCUT2D eigenvalue weighted by atomic mass is 79.9. The molecule has 0 saturated heterocycles. The average molecular weight is 307 g/mol. The Morgan fingerprint density at radius 2 is 2.06 bits per heavy atom. The number of rotatable bonds is 2. The van der Waals surface area contributed by atoms with Gasteiger partial charge in [0, 0.05) is 10.4 Å². The summed E-state index contributed by atoms with van der Waals surface area (Å²) < 4.78 is 5.70. The summed E-state index contributed by atoms with van der Waals surface area (Å²) in [6.45, 7) is 0. The molecule has 2 N–H and O–H groups in total. The molecule has 0 spiro atoms. The quantitative estimate of drug-likeness (QED) is 0.853. The summed E-state index contributed by atoms with van der Waals surface area (Å²) in [5, 5.41) is 0. The molecule has 0 aliphatic heterocycles. The maximum Gasteiger partial charge on any atom is 0.326 e. The van der Waals surface area contributed by atoms with Crippen LogP contribution in [0.1, 0.15) is 17.9 Å².